The number of amides is 1. The van der Waals surface area contributed by atoms with E-state index in [0.717, 1.165) is 5.56 Å². The molecule has 1 amide bonds. The first-order valence-electron chi connectivity index (χ1n) is 6.11. The molecule has 0 aliphatic carbocycles. The van der Waals surface area contributed by atoms with E-state index in [2.05, 4.69) is 26.6 Å². The van der Waals surface area contributed by atoms with Crippen molar-refractivity contribution < 1.29 is 18.0 Å². The van der Waals surface area contributed by atoms with Gasteiger partial charge in [0.1, 0.15) is 0 Å². The zero-order valence-electron chi connectivity index (χ0n) is 10.8. The molecule has 1 saturated heterocycles. The number of anilines is 1. The molecule has 1 aliphatic heterocycles. The lowest BCUT2D eigenvalue weighted by Crippen LogP contribution is -2.49. The van der Waals surface area contributed by atoms with Crippen molar-refractivity contribution in [1.82, 2.24) is 5.32 Å². The van der Waals surface area contributed by atoms with Crippen LogP contribution in [0.2, 0.25) is 0 Å². The summed E-state index contributed by atoms with van der Waals surface area (Å²) in [4.78, 5) is 12.1. The summed E-state index contributed by atoms with van der Waals surface area (Å²) >= 11 is 3.25. The number of benzene rings is 1. The van der Waals surface area contributed by atoms with Crippen LogP contribution in [0.4, 0.5) is 18.9 Å². The molecule has 1 aromatic carbocycles. The first-order chi connectivity index (χ1) is 9.24. The van der Waals surface area contributed by atoms with E-state index in [4.69, 9.17) is 0 Å². The molecule has 0 saturated carbocycles. The Balaban J connectivity index is 2.26. The highest BCUT2D eigenvalue weighted by Crippen LogP contribution is 2.43. The summed E-state index contributed by atoms with van der Waals surface area (Å²) in [5.74, 6) is -1.01. The van der Waals surface area contributed by atoms with E-state index in [1.165, 1.54) is 0 Å². The van der Waals surface area contributed by atoms with Gasteiger partial charge < -0.3 is 10.6 Å². The van der Waals surface area contributed by atoms with E-state index in [1.54, 1.807) is 19.1 Å². The molecule has 110 valence electrons. The van der Waals surface area contributed by atoms with Crippen molar-refractivity contribution in [2.24, 2.45) is 5.41 Å². The molecule has 0 radical (unpaired) electrons. The van der Waals surface area contributed by atoms with E-state index in [9.17, 15) is 18.0 Å². The number of aryl methyl sites for hydroxylation is 1. The van der Waals surface area contributed by atoms with Gasteiger partial charge in [0.05, 0.1) is 0 Å². The van der Waals surface area contributed by atoms with Gasteiger partial charge in [0.15, 0.2) is 5.41 Å². The van der Waals surface area contributed by atoms with Crippen LogP contribution in [-0.4, -0.2) is 25.2 Å². The second-order valence-electron chi connectivity index (χ2n) is 4.98. The smallest absolute Gasteiger partial charge is 0.325 e. The summed E-state index contributed by atoms with van der Waals surface area (Å²) in [6.45, 7) is 1.61. The maximum absolute atomic E-state index is 13.2. The molecule has 0 spiro atoms. The maximum Gasteiger partial charge on any atom is 0.404 e. The third kappa shape index (κ3) is 2.83. The number of rotatable bonds is 2. The molecule has 2 rings (SSSR count). The first-order valence-corrected chi connectivity index (χ1v) is 6.90. The topological polar surface area (TPSA) is 41.1 Å². The lowest BCUT2D eigenvalue weighted by Gasteiger charge is -2.29. The van der Waals surface area contributed by atoms with Gasteiger partial charge in [0, 0.05) is 16.7 Å². The molecule has 1 heterocycles. The Hall–Kier alpha value is -1.08. The van der Waals surface area contributed by atoms with Crippen molar-refractivity contribution in [3.8, 4) is 0 Å². The molecule has 3 nitrogen and oxygen atoms in total. The fraction of sp³-hybridized carbons (Fsp3) is 0.462. The van der Waals surface area contributed by atoms with Crippen LogP contribution >= 0.6 is 15.9 Å². The van der Waals surface area contributed by atoms with E-state index in [-0.39, 0.29) is 19.5 Å². The molecule has 1 unspecified atom stereocenters. The van der Waals surface area contributed by atoms with Crippen LogP contribution in [0.25, 0.3) is 0 Å². The van der Waals surface area contributed by atoms with Crippen LogP contribution in [0.5, 0.6) is 0 Å². The summed E-state index contributed by atoms with van der Waals surface area (Å²) in [6, 6.07) is 5.03. The average molecular weight is 351 g/mol. The summed E-state index contributed by atoms with van der Waals surface area (Å²) < 4.78 is 40.4. The summed E-state index contributed by atoms with van der Waals surface area (Å²) in [5, 5.41) is 5.00. The molecule has 0 aromatic heterocycles. The Morgan fingerprint density at radius 2 is 2.10 bits per heavy atom. The van der Waals surface area contributed by atoms with Gasteiger partial charge in [-0.1, -0.05) is 15.9 Å². The molecule has 7 heteroatoms. The summed E-state index contributed by atoms with van der Waals surface area (Å²) in [6.07, 6.45) is -4.81. The van der Waals surface area contributed by atoms with Gasteiger partial charge in [-0.2, -0.15) is 13.2 Å². The van der Waals surface area contributed by atoms with Crippen molar-refractivity contribution in [2.75, 3.05) is 18.4 Å². The highest BCUT2D eigenvalue weighted by Gasteiger charge is 2.61. The predicted octanol–water partition coefficient (Wildman–Crippen LogP) is 3.24. The molecule has 1 aliphatic rings. The Labute approximate surface area is 123 Å². The average Bonchev–Trinajstić information content (AvgIpc) is 2.76. The molecule has 2 N–H and O–H groups in total. The lowest BCUT2D eigenvalue weighted by atomic mass is 9.85. The van der Waals surface area contributed by atoms with Crippen molar-refractivity contribution in [3.63, 3.8) is 0 Å². The Kier molecular flexibility index (Phi) is 4.11. The SMILES string of the molecule is Cc1cc(Br)cc(NC(=O)C2(C(F)(F)F)CCNC2)c1. The van der Waals surface area contributed by atoms with Crippen molar-refractivity contribution in [1.29, 1.82) is 0 Å². The lowest BCUT2D eigenvalue weighted by molar-refractivity contribution is -0.213. The predicted molar refractivity (Wildman–Crippen MR) is 73.5 cm³/mol. The van der Waals surface area contributed by atoms with Crippen LogP contribution in [0.1, 0.15) is 12.0 Å². The zero-order valence-corrected chi connectivity index (χ0v) is 12.4. The molecule has 0 bridgehead atoms. The molecule has 20 heavy (non-hydrogen) atoms. The highest BCUT2D eigenvalue weighted by atomic mass is 79.9. The number of halogens is 4. The number of hydrogen-bond donors (Lipinski definition) is 2. The molecule has 1 aromatic rings. The number of nitrogens with one attached hydrogen (secondary N) is 2. The van der Waals surface area contributed by atoms with Crippen molar-refractivity contribution >= 4 is 27.5 Å². The Morgan fingerprint density at radius 3 is 2.60 bits per heavy atom. The van der Waals surface area contributed by atoms with Crippen LogP contribution in [-0.2, 0) is 4.79 Å². The van der Waals surface area contributed by atoms with Gasteiger partial charge >= 0.3 is 6.18 Å². The van der Waals surface area contributed by atoms with Gasteiger partial charge in [0.2, 0.25) is 5.91 Å². The van der Waals surface area contributed by atoms with Crippen LogP contribution in [0.15, 0.2) is 22.7 Å². The van der Waals surface area contributed by atoms with E-state index >= 15 is 0 Å². The number of carbonyl (C=O) groups is 1. The standard InChI is InChI=1S/C13H14BrF3N2O/c1-8-4-9(14)6-10(5-8)19-11(20)12(13(15,16)17)2-3-18-7-12/h4-6,18H,2-3,7H2,1H3,(H,19,20). The van der Waals surface area contributed by atoms with Gasteiger partial charge in [-0.3, -0.25) is 4.79 Å². The van der Waals surface area contributed by atoms with Crippen LogP contribution in [0.3, 0.4) is 0 Å². The summed E-state index contributed by atoms with van der Waals surface area (Å²) in [5.41, 5.74) is -1.14. The largest absolute Gasteiger partial charge is 0.404 e. The third-order valence-electron chi connectivity index (χ3n) is 3.43. The Bertz CT molecular complexity index is 505. The van der Waals surface area contributed by atoms with Gasteiger partial charge in [0.25, 0.3) is 0 Å². The Morgan fingerprint density at radius 1 is 1.40 bits per heavy atom. The van der Waals surface area contributed by atoms with Gasteiger partial charge in [-0.25, -0.2) is 0 Å². The highest BCUT2D eigenvalue weighted by molar-refractivity contribution is 9.10. The van der Waals surface area contributed by atoms with Crippen molar-refractivity contribution in [3.05, 3.63) is 28.2 Å². The fourth-order valence-electron chi connectivity index (χ4n) is 2.32. The number of hydrogen-bond acceptors (Lipinski definition) is 2. The van der Waals surface area contributed by atoms with Crippen LogP contribution in [0, 0.1) is 12.3 Å². The third-order valence-corrected chi connectivity index (χ3v) is 3.89. The molecule has 1 atom stereocenters. The molecular formula is C13H14BrF3N2O. The number of carbonyl (C=O) groups excluding carboxylic acids is 1. The monoisotopic (exact) mass is 350 g/mol. The minimum atomic E-state index is -4.57. The minimum absolute atomic E-state index is 0.185. The van der Waals surface area contributed by atoms with Gasteiger partial charge in [-0.05, 0) is 43.7 Å². The van der Waals surface area contributed by atoms with Crippen molar-refractivity contribution in [2.45, 2.75) is 19.5 Å². The second kappa shape index (κ2) is 5.37. The van der Waals surface area contributed by atoms with E-state index < -0.39 is 17.5 Å². The zero-order chi connectivity index (χ0) is 15.0. The van der Waals surface area contributed by atoms with E-state index in [0.29, 0.717) is 10.2 Å². The second-order valence-corrected chi connectivity index (χ2v) is 5.89. The van der Waals surface area contributed by atoms with Gasteiger partial charge in [-0.15, -0.1) is 0 Å². The normalized spacial score (nSPS) is 22.9. The quantitative estimate of drug-likeness (QED) is 0.859. The fourth-order valence-corrected chi connectivity index (χ4v) is 2.92. The van der Waals surface area contributed by atoms with E-state index in [1.807, 2.05) is 6.07 Å². The summed E-state index contributed by atoms with van der Waals surface area (Å²) in [7, 11) is 0. The number of alkyl halides is 3. The molecular weight excluding hydrogens is 337 g/mol. The molecule has 1 fully saturated rings. The first kappa shape index (κ1) is 15.3. The maximum atomic E-state index is 13.2. The minimum Gasteiger partial charge on any atom is -0.325 e. The van der Waals surface area contributed by atoms with Crippen LogP contribution < -0.4 is 10.6 Å².